The fraction of sp³-hybridized carbons (Fsp3) is 0.308. The molecule has 5 N–H and O–H groups in total. The maximum atomic E-state index is 12.4. The van der Waals surface area contributed by atoms with E-state index in [1.165, 1.54) is 6.20 Å². The lowest BCUT2D eigenvalue weighted by molar-refractivity contribution is -0.176. The highest BCUT2D eigenvalue weighted by Gasteiger charge is 2.21. The van der Waals surface area contributed by atoms with Crippen LogP contribution in [0.2, 0.25) is 8.67 Å². The van der Waals surface area contributed by atoms with E-state index in [2.05, 4.69) is 9.97 Å². The van der Waals surface area contributed by atoms with Crippen molar-refractivity contribution in [2.45, 2.75) is 21.5 Å². The van der Waals surface area contributed by atoms with Crippen LogP contribution in [0.3, 0.4) is 0 Å². The van der Waals surface area contributed by atoms with Gasteiger partial charge in [0.15, 0.2) is 5.83 Å². The van der Waals surface area contributed by atoms with Crippen LogP contribution in [0.1, 0.15) is 12.8 Å². The van der Waals surface area contributed by atoms with Crippen LogP contribution in [0.4, 0.5) is 13.2 Å². The van der Waals surface area contributed by atoms with E-state index in [1.54, 1.807) is 0 Å². The highest BCUT2D eigenvalue weighted by molar-refractivity contribution is 7.93. The summed E-state index contributed by atoms with van der Waals surface area (Å²) >= 11 is 12.5. The van der Waals surface area contributed by atoms with E-state index in [0.29, 0.717) is 11.3 Å². The molecule has 0 saturated heterocycles. The number of hydrogen-bond donors (Lipinski definition) is 3. The second-order valence-electron chi connectivity index (χ2n) is 5.06. The number of carbonyl (C=O) groups is 1. The van der Waals surface area contributed by atoms with Crippen molar-refractivity contribution in [3.63, 3.8) is 0 Å². The van der Waals surface area contributed by atoms with E-state index in [9.17, 15) is 34.8 Å². The molecule has 0 spiro atoms. The first-order valence-corrected chi connectivity index (χ1v) is 13.2. The van der Waals surface area contributed by atoms with Gasteiger partial charge in [-0.05, 0) is 0 Å². The summed E-state index contributed by atoms with van der Waals surface area (Å²) in [6.07, 6.45) is -1.46. The molecule has 0 radical (unpaired) electrons. The highest BCUT2D eigenvalue weighted by Crippen LogP contribution is 2.25. The molecule has 0 aromatic carbocycles. The lowest BCUT2D eigenvalue weighted by atomic mass is 10.4. The number of hydrogen-bond acceptors (Lipinski definition) is 11. The molecule has 0 saturated carbocycles. The third-order valence-electron chi connectivity index (χ3n) is 2.82. The SMILES string of the molecule is O.O=C(O)CCS(=O)(=O)c1ncc(Cl)s1.O=S(=O)(CCC(F)=C(F)F)c1ncc(Cl)s1.OO. The molecule has 0 fully saturated rings. The van der Waals surface area contributed by atoms with E-state index in [4.69, 9.17) is 38.8 Å². The Hall–Kier alpha value is -1.38. The van der Waals surface area contributed by atoms with Gasteiger partial charge in [-0.3, -0.25) is 15.3 Å². The minimum atomic E-state index is -3.85. The van der Waals surface area contributed by atoms with Gasteiger partial charge in [0, 0.05) is 6.42 Å². The molecule has 2 heterocycles. The first-order valence-electron chi connectivity index (χ1n) is 7.54. The molecule has 0 aliphatic carbocycles. The molecular weight excluding hydrogens is 584 g/mol. The van der Waals surface area contributed by atoms with Crippen molar-refractivity contribution < 1.29 is 55.9 Å². The average Bonchev–Trinajstić information content (AvgIpc) is 3.36. The zero-order valence-corrected chi connectivity index (χ0v) is 20.6. The quantitative estimate of drug-likeness (QED) is 0.298. The first kappa shape index (κ1) is 33.8. The molecule has 0 amide bonds. The summed E-state index contributed by atoms with van der Waals surface area (Å²) in [5.74, 6) is -4.10. The Morgan fingerprint density at radius 2 is 1.24 bits per heavy atom. The summed E-state index contributed by atoms with van der Waals surface area (Å²) in [4.78, 5) is 17.2. The third kappa shape index (κ3) is 12.6. The molecule has 0 bridgehead atoms. The van der Waals surface area contributed by atoms with Crippen LogP contribution >= 0.6 is 45.9 Å². The molecule has 2 aromatic rings. The van der Waals surface area contributed by atoms with E-state index < -0.39 is 61.9 Å². The van der Waals surface area contributed by atoms with Gasteiger partial charge in [-0.1, -0.05) is 45.9 Å². The number of carboxylic acids is 1. The molecule has 0 unspecified atom stereocenters. The highest BCUT2D eigenvalue weighted by atomic mass is 35.5. The minimum Gasteiger partial charge on any atom is -0.481 e. The maximum Gasteiger partial charge on any atom is 0.304 e. The second-order valence-corrected chi connectivity index (χ2v) is 12.9. The summed E-state index contributed by atoms with van der Waals surface area (Å²) in [6.45, 7) is 0. The molecule has 190 valence electrons. The molecule has 0 aliphatic heterocycles. The predicted molar refractivity (Wildman–Crippen MR) is 114 cm³/mol. The molecule has 2 rings (SSSR count). The fourth-order valence-corrected chi connectivity index (χ4v) is 6.77. The summed E-state index contributed by atoms with van der Waals surface area (Å²) in [5, 5.41) is 20.3. The predicted octanol–water partition coefficient (Wildman–Crippen LogP) is 3.28. The Labute approximate surface area is 202 Å². The molecule has 11 nitrogen and oxygen atoms in total. The van der Waals surface area contributed by atoms with Gasteiger partial charge in [-0.15, -0.1) is 0 Å². The molecule has 2 aromatic heterocycles. The Kier molecular flexibility index (Phi) is 15.9. The number of nitrogens with zero attached hydrogens (tertiary/aromatic N) is 2. The number of halogens is 5. The van der Waals surface area contributed by atoms with Crippen molar-refractivity contribution >= 4 is 71.5 Å². The zero-order chi connectivity index (χ0) is 25.1. The second kappa shape index (κ2) is 15.5. The van der Waals surface area contributed by atoms with Crippen LogP contribution in [0, 0.1) is 0 Å². The summed E-state index contributed by atoms with van der Waals surface area (Å²) in [6, 6.07) is 0. The van der Waals surface area contributed by atoms with Crippen molar-refractivity contribution in [1.29, 1.82) is 0 Å². The van der Waals surface area contributed by atoms with E-state index in [1.807, 2.05) is 0 Å². The number of aromatic nitrogens is 2. The molecule has 20 heteroatoms. The molecule has 0 atom stereocenters. The topological polar surface area (TPSA) is 203 Å². The maximum absolute atomic E-state index is 12.4. The lowest BCUT2D eigenvalue weighted by Crippen LogP contribution is -2.10. The van der Waals surface area contributed by atoms with E-state index in [-0.39, 0.29) is 22.8 Å². The largest absolute Gasteiger partial charge is 0.481 e. The molecule has 0 aliphatic rings. The Bertz CT molecular complexity index is 1130. The smallest absolute Gasteiger partial charge is 0.304 e. The van der Waals surface area contributed by atoms with Crippen molar-refractivity contribution in [3.05, 3.63) is 33.0 Å². The monoisotopic (exact) mass is 598 g/mol. The van der Waals surface area contributed by atoms with Crippen LogP contribution < -0.4 is 0 Å². The van der Waals surface area contributed by atoms with Crippen LogP contribution in [0.25, 0.3) is 0 Å². The minimum absolute atomic E-state index is 0. The Morgan fingerprint density at radius 3 is 1.52 bits per heavy atom. The van der Waals surface area contributed by atoms with Crippen LogP contribution in [0.15, 0.2) is 33.0 Å². The van der Waals surface area contributed by atoms with Gasteiger partial charge in [0.25, 0.3) is 0 Å². The molecule has 33 heavy (non-hydrogen) atoms. The number of rotatable bonds is 8. The number of sulfone groups is 2. The third-order valence-corrected chi connectivity index (χ3v) is 9.43. The average molecular weight is 599 g/mol. The summed E-state index contributed by atoms with van der Waals surface area (Å²) in [5.41, 5.74) is 0. The number of aliphatic carboxylic acids is 1. The lowest BCUT2D eigenvalue weighted by Gasteiger charge is -1.98. The molecular formula is C13H15Cl2F3N2O9S4. The fourth-order valence-electron chi connectivity index (χ4n) is 1.48. The van der Waals surface area contributed by atoms with E-state index in [0.717, 1.165) is 17.5 Å². The standard InChI is InChI=1S/C7H5ClF3NO2S2.C6H6ClNO4S2.H2O2.H2O/c8-5-3-12-7(15-5)16(13,14)2-1-4(9)6(10)11;7-4-3-8-6(13-4)14(11,12)2-1-5(9)10;1-2;/h3H,1-2H2;3H,1-2H2,(H,9,10);1-2H;1H2. The van der Waals surface area contributed by atoms with Crippen LogP contribution in [-0.4, -0.2) is 65.4 Å². The van der Waals surface area contributed by atoms with E-state index >= 15 is 0 Å². The van der Waals surface area contributed by atoms with Gasteiger partial charge in [0.1, 0.15) is 8.67 Å². The van der Waals surface area contributed by atoms with Crippen molar-refractivity contribution in [1.82, 2.24) is 9.97 Å². The first-order chi connectivity index (χ1) is 14.7. The van der Waals surface area contributed by atoms with Gasteiger partial charge in [-0.2, -0.15) is 8.78 Å². The van der Waals surface area contributed by atoms with Gasteiger partial charge < -0.3 is 10.6 Å². The number of carboxylic acid groups (broad SMARTS) is 1. The van der Waals surface area contributed by atoms with Crippen molar-refractivity contribution in [3.8, 4) is 0 Å². The van der Waals surface area contributed by atoms with Crippen LogP contribution in [0.5, 0.6) is 0 Å². The van der Waals surface area contributed by atoms with Gasteiger partial charge >= 0.3 is 12.0 Å². The Morgan fingerprint density at radius 1 is 0.879 bits per heavy atom. The van der Waals surface area contributed by atoms with Crippen LogP contribution in [-0.2, 0) is 24.5 Å². The van der Waals surface area contributed by atoms with Crippen molar-refractivity contribution in [2.24, 2.45) is 0 Å². The summed E-state index contributed by atoms with van der Waals surface area (Å²) < 4.78 is 81.4. The Balaban J connectivity index is 0. The summed E-state index contributed by atoms with van der Waals surface area (Å²) in [7, 11) is -7.44. The van der Waals surface area contributed by atoms with Gasteiger partial charge in [0.05, 0.1) is 30.3 Å². The van der Waals surface area contributed by atoms with Crippen molar-refractivity contribution in [2.75, 3.05) is 11.5 Å². The zero-order valence-electron chi connectivity index (χ0n) is 15.8. The normalized spacial score (nSPS) is 10.6. The number of thiazole rings is 2. The van der Waals surface area contributed by atoms with Gasteiger partial charge in [0.2, 0.25) is 28.4 Å². The van der Waals surface area contributed by atoms with Gasteiger partial charge in [-0.25, -0.2) is 31.2 Å². The number of allylic oxidation sites excluding steroid dienone is 1.